The maximum absolute atomic E-state index is 5.83. The highest BCUT2D eigenvalue weighted by atomic mass is 35.5. The van der Waals surface area contributed by atoms with E-state index in [1.54, 1.807) is 12.3 Å². The van der Waals surface area contributed by atoms with Gasteiger partial charge in [-0.2, -0.15) is 0 Å². The Bertz CT molecular complexity index is 276. The molecule has 2 N–H and O–H groups in total. The molecule has 13 heavy (non-hydrogen) atoms. The highest BCUT2D eigenvalue weighted by Gasteiger charge is 2.07. The van der Waals surface area contributed by atoms with E-state index >= 15 is 0 Å². The predicted molar refractivity (Wildman–Crippen MR) is 58.2 cm³/mol. The zero-order chi connectivity index (χ0) is 8.97. The van der Waals surface area contributed by atoms with E-state index in [0.29, 0.717) is 11.6 Å². The SMILES string of the molecule is C=CC[C@H](N)c1cccnc1Cl.Cl. The Hall–Kier alpha value is -0.570. The number of nitrogens with zero attached hydrogens (tertiary/aromatic N) is 1. The van der Waals surface area contributed by atoms with Crippen LogP contribution in [-0.4, -0.2) is 4.98 Å². The van der Waals surface area contributed by atoms with Gasteiger partial charge in [-0.05, 0) is 12.5 Å². The summed E-state index contributed by atoms with van der Waals surface area (Å²) < 4.78 is 0. The lowest BCUT2D eigenvalue weighted by atomic mass is 10.1. The minimum Gasteiger partial charge on any atom is -0.324 e. The Balaban J connectivity index is 0.00000144. The minimum absolute atomic E-state index is 0. The van der Waals surface area contributed by atoms with Gasteiger partial charge in [0.2, 0.25) is 0 Å². The fourth-order valence-electron chi connectivity index (χ4n) is 0.982. The average Bonchev–Trinajstić information content (AvgIpc) is 2.05. The van der Waals surface area contributed by atoms with E-state index in [4.69, 9.17) is 17.3 Å². The Morgan fingerprint density at radius 3 is 2.92 bits per heavy atom. The van der Waals surface area contributed by atoms with E-state index in [0.717, 1.165) is 5.56 Å². The van der Waals surface area contributed by atoms with Gasteiger partial charge in [0, 0.05) is 17.8 Å². The van der Waals surface area contributed by atoms with Crippen molar-refractivity contribution in [2.45, 2.75) is 12.5 Å². The van der Waals surface area contributed by atoms with Gasteiger partial charge in [-0.1, -0.05) is 23.7 Å². The predicted octanol–water partition coefficient (Wildman–Crippen LogP) is 2.73. The lowest BCUT2D eigenvalue weighted by molar-refractivity contribution is 0.738. The number of hydrogen-bond acceptors (Lipinski definition) is 2. The van der Waals surface area contributed by atoms with Crippen LogP contribution in [0.5, 0.6) is 0 Å². The van der Waals surface area contributed by atoms with E-state index in [1.165, 1.54) is 0 Å². The lowest BCUT2D eigenvalue weighted by Gasteiger charge is -2.09. The van der Waals surface area contributed by atoms with E-state index in [1.807, 2.05) is 12.1 Å². The van der Waals surface area contributed by atoms with Crippen LogP contribution in [0.3, 0.4) is 0 Å². The summed E-state index contributed by atoms with van der Waals surface area (Å²) in [5.41, 5.74) is 6.68. The van der Waals surface area contributed by atoms with Crippen molar-refractivity contribution in [2.24, 2.45) is 5.73 Å². The van der Waals surface area contributed by atoms with Gasteiger partial charge in [0.05, 0.1) is 0 Å². The summed E-state index contributed by atoms with van der Waals surface area (Å²) in [6, 6.07) is 3.61. The Morgan fingerprint density at radius 1 is 1.69 bits per heavy atom. The molecule has 0 spiro atoms. The van der Waals surface area contributed by atoms with Crippen molar-refractivity contribution in [1.82, 2.24) is 4.98 Å². The monoisotopic (exact) mass is 218 g/mol. The number of rotatable bonds is 3. The molecule has 1 aromatic rings. The van der Waals surface area contributed by atoms with Gasteiger partial charge in [0.25, 0.3) is 0 Å². The molecule has 0 saturated heterocycles. The minimum atomic E-state index is -0.0938. The maximum atomic E-state index is 5.83. The van der Waals surface area contributed by atoms with Crippen LogP contribution in [0.4, 0.5) is 0 Å². The molecule has 0 aliphatic rings. The van der Waals surface area contributed by atoms with Crippen molar-refractivity contribution >= 4 is 24.0 Å². The molecule has 1 atom stereocenters. The summed E-state index contributed by atoms with van der Waals surface area (Å²) >= 11 is 5.83. The van der Waals surface area contributed by atoms with Gasteiger partial charge < -0.3 is 5.73 Å². The molecule has 0 bridgehead atoms. The van der Waals surface area contributed by atoms with Crippen LogP contribution in [0, 0.1) is 0 Å². The second-order valence-corrected chi connectivity index (χ2v) is 2.87. The Kier molecular flexibility index (Phi) is 5.71. The van der Waals surface area contributed by atoms with Crippen LogP contribution in [-0.2, 0) is 0 Å². The average molecular weight is 219 g/mol. The molecule has 0 fully saturated rings. The third-order valence-electron chi connectivity index (χ3n) is 1.61. The molecule has 1 rings (SSSR count). The van der Waals surface area contributed by atoms with Gasteiger partial charge in [-0.25, -0.2) is 4.98 Å². The normalized spacial score (nSPS) is 11.5. The van der Waals surface area contributed by atoms with E-state index in [-0.39, 0.29) is 18.4 Å². The standard InChI is InChI=1S/C9H11ClN2.ClH/c1-2-4-8(11)7-5-3-6-12-9(7)10;/h2-3,5-6,8H,1,4,11H2;1H/t8-;/m0./s1. The van der Waals surface area contributed by atoms with E-state index < -0.39 is 0 Å². The highest BCUT2D eigenvalue weighted by molar-refractivity contribution is 6.30. The summed E-state index contributed by atoms with van der Waals surface area (Å²) in [7, 11) is 0. The molecule has 0 unspecified atom stereocenters. The highest BCUT2D eigenvalue weighted by Crippen LogP contribution is 2.20. The Morgan fingerprint density at radius 2 is 2.38 bits per heavy atom. The first kappa shape index (κ1) is 12.4. The second-order valence-electron chi connectivity index (χ2n) is 2.51. The first-order chi connectivity index (χ1) is 5.75. The van der Waals surface area contributed by atoms with Crippen molar-refractivity contribution in [3.05, 3.63) is 41.7 Å². The number of nitrogens with two attached hydrogens (primary N) is 1. The van der Waals surface area contributed by atoms with Crippen molar-refractivity contribution in [3.8, 4) is 0 Å². The summed E-state index contributed by atoms with van der Waals surface area (Å²) in [4.78, 5) is 3.93. The van der Waals surface area contributed by atoms with Crippen LogP contribution >= 0.6 is 24.0 Å². The van der Waals surface area contributed by atoms with Gasteiger partial charge >= 0.3 is 0 Å². The fourth-order valence-corrected chi connectivity index (χ4v) is 1.24. The molecule has 0 amide bonds. The fraction of sp³-hybridized carbons (Fsp3) is 0.222. The van der Waals surface area contributed by atoms with Gasteiger partial charge in [-0.15, -0.1) is 19.0 Å². The zero-order valence-corrected chi connectivity index (χ0v) is 8.68. The van der Waals surface area contributed by atoms with E-state index in [9.17, 15) is 0 Å². The van der Waals surface area contributed by atoms with Crippen LogP contribution in [0.2, 0.25) is 5.15 Å². The van der Waals surface area contributed by atoms with Crippen molar-refractivity contribution in [3.63, 3.8) is 0 Å². The molecule has 72 valence electrons. The molecule has 0 saturated carbocycles. The van der Waals surface area contributed by atoms with Crippen LogP contribution in [0.1, 0.15) is 18.0 Å². The number of pyridine rings is 1. The summed E-state index contributed by atoms with van der Waals surface area (Å²) in [6.45, 7) is 3.61. The molecule has 4 heteroatoms. The van der Waals surface area contributed by atoms with Crippen molar-refractivity contribution in [1.29, 1.82) is 0 Å². The smallest absolute Gasteiger partial charge is 0.133 e. The number of hydrogen-bond donors (Lipinski definition) is 1. The molecule has 0 aliphatic carbocycles. The first-order valence-electron chi connectivity index (χ1n) is 3.72. The van der Waals surface area contributed by atoms with E-state index in [2.05, 4.69) is 11.6 Å². The van der Waals surface area contributed by atoms with Crippen LogP contribution in [0.25, 0.3) is 0 Å². The molecule has 2 nitrogen and oxygen atoms in total. The van der Waals surface area contributed by atoms with Crippen LogP contribution in [0.15, 0.2) is 31.0 Å². The van der Waals surface area contributed by atoms with Crippen molar-refractivity contribution < 1.29 is 0 Å². The first-order valence-corrected chi connectivity index (χ1v) is 4.10. The molecule has 0 radical (unpaired) electrons. The second kappa shape index (κ2) is 5.97. The van der Waals surface area contributed by atoms with Crippen molar-refractivity contribution in [2.75, 3.05) is 0 Å². The lowest BCUT2D eigenvalue weighted by Crippen LogP contribution is -2.09. The maximum Gasteiger partial charge on any atom is 0.133 e. The summed E-state index contributed by atoms with van der Waals surface area (Å²) in [5.74, 6) is 0. The molecule has 1 aromatic heterocycles. The van der Waals surface area contributed by atoms with Gasteiger partial charge in [0.15, 0.2) is 0 Å². The topological polar surface area (TPSA) is 38.9 Å². The molecule has 0 aromatic carbocycles. The Labute approximate surface area is 89.2 Å². The quantitative estimate of drug-likeness (QED) is 0.627. The van der Waals surface area contributed by atoms with Gasteiger partial charge in [0.1, 0.15) is 5.15 Å². The molecule has 1 heterocycles. The van der Waals surface area contributed by atoms with Gasteiger partial charge in [-0.3, -0.25) is 0 Å². The molecular formula is C9H12Cl2N2. The number of halogens is 2. The number of aromatic nitrogens is 1. The third-order valence-corrected chi connectivity index (χ3v) is 1.92. The third kappa shape index (κ3) is 3.35. The summed E-state index contributed by atoms with van der Waals surface area (Å²) in [5, 5.41) is 0.479. The van der Waals surface area contributed by atoms with Crippen LogP contribution < -0.4 is 5.73 Å². The molecular weight excluding hydrogens is 207 g/mol. The largest absolute Gasteiger partial charge is 0.324 e. The zero-order valence-electron chi connectivity index (χ0n) is 7.11. The summed E-state index contributed by atoms with van der Waals surface area (Å²) in [6.07, 6.45) is 4.13. The molecule has 0 aliphatic heterocycles.